The summed E-state index contributed by atoms with van der Waals surface area (Å²) >= 11 is 6.09. The molecule has 1 saturated heterocycles. The van der Waals surface area contributed by atoms with Crippen LogP contribution in [0, 0.1) is 0 Å². The van der Waals surface area contributed by atoms with E-state index < -0.39 is 17.1 Å². The van der Waals surface area contributed by atoms with Crippen LogP contribution in [0.4, 0.5) is 5.69 Å². The van der Waals surface area contributed by atoms with Gasteiger partial charge in [-0.3, -0.25) is 0 Å². The highest BCUT2D eigenvalue weighted by atomic mass is 35.5. The molecular formula is C14H18ClNO3. The zero-order valence-electron chi connectivity index (χ0n) is 11.1. The summed E-state index contributed by atoms with van der Waals surface area (Å²) in [7, 11) is 0. The van der Waals surface area contributed by atoms with E-state index in [-0.39, 0.29) is 0 Å². The number of hydrogen-bond acceptors (Lipinski definition) is 3. The summed E-state index contributed by atoms with van der Waals surface area (Å²) in [6, 6.07) is 7.17. The van der Waals surface area contributed by atoms with Crippen molar-refractivity contribution >= 4 is 23.3 Å². The second-order valence-electron chi connectivity index (χ2n) is 5.53. The first-order chi connectivity index (χ1) is 8.85. The smallest absolute Gasteiger partial charge is 0.329 e. The minimum atomic E-state index is -1.03. The van der Waals surface area contributed by atoms with Crippen LogP contribution >= 0.6 is 11.6 Å². The van der Waals surface area contributed by atoms with Crippen LogP contribution in [-0.4, -0.2) is 28.8 Å². The van der Waals surface area contributed by atoms with Gasteiger partial charge in [-0.2, -0.15) is 0 Å². The second kappa shape index (κ2) is 5.02. The fourth-order valence-electron chi connectivity index (χ4n) is 2.53. The number of hydrogen-bond donors (Lipinski definition) is 2. The van der Waals surface area contributed by atoms with Gasteiger partial charge in [0.2, 0.25) is 0 Å². The predicted octanol–water partition coefficient (Wildman–Crippen LogP) is 3.16. The SMILES string of the molecule is CC1(C)CC(Nc2ccccc2Cl)(C(=O)O)CCO1. The van der Waals surface area contributed by atoms with E-state index in [1.807, 2.05) is 26.0 Å². The third-order valence-electron chi connectivity index (χ3n) is 3.41. The van der Waals surface area contributed by atoms with E-state index >= 15 is 0 Å². The van der Waals surface area contributed by atoms with Gasteiger partial charge in [-0.1, -0.05) is 23.7 Å². The number of aliphatic carboxylic acids is 1. The normalized spacial score (nSPS) is 25.8. The molecular weight excluding hydrogens is 266 g/mol. The fraction of sp³-hybridized carbons (Fsp3) is 0.500. The Morgan fingerprint density at radius 1 is 1.42 bits per heavy atom. The molecule has 1 heterocycles. The first-order valence-corrected chi connectivity index (χ1v) is 6.63. The van der Waals surface area contributed by atoms with Crippen molar-refractivity contribution in [3.8, 4) is 0 Å². The molecule has 0 aromatic heterocycles. The summed E-state index contributed by atoms with van der Waals surface area (Å²) < 4.78 is 5.60. The Morgan fingerprint density at radius 3 is 2.68 bits per heavy atom. The minimum Gasteiger partial charge on any atom is -0.480 e. The molecule has 1 aliphatic heterocycles. The number of nitrogens with one attached hydrogen (secondary N) is 1. The average Bonchev–Trinajstić information content (AvgIpc) is 2.30. The summed E-state index contributed by atoms with van der Waals surface area (Å²) in [5, 5.41) is 13.2. The molecule has 0 spiro atoms. The average molecular weight is 284 g/mol. The molecule has 0 bridgehead atoms. The number of rotatable bonds is 3. The lowest BCUT2D eigenvalue weighted by atomic mass is 9.81. The van der Waals surface area contributed by atoms with E-state index in [4.69, 9.17) is 16.3 Å². The highest BCUT2D eigenvalue weighted by Crippen LogP contribution is 2.36. The van der Waals surface area contributed by atoms with E-state index in [1.54, 1.807) is 12.1 Å². The molecule has 1 atom stereocenters. The van der Waals surface area contributed by atoms with Crippen molar-refractivity contribution in [2.45, 2.75) is 37.8 Å². The van der Waals surface area contributed by atoms with E-state index in [9.17, 15) is 9.90 Å². The number of halogens is 1. The molecule has 0 radical (unpaired) electrons. The third kappa shape index (κ3) is 3.01. The first kappa shape index (κ1) is 14.2. The van der Waals surface area contributed by atoms with Crippen LogP contribution in [0.25, 0.3) is 0 Å². The van der Waals surface area contributed by atoms with Crippen molar-refractivity contribution in [1.82, 2.24) is 0 Å². The van der Waals surface area contributed by atoms with E-state index in [0.29, 0.717) is 30.2 Å². The molecule has 1 aromatic carbocycles. The maximum atomic E-state index is 11.7. The largest absolute Gasteiger partial charge is 0.480 e. The molecule has 1 unspecified atom stereocenters. The molecule has 0 saturated carbocycles. The van der Waals surface area contributed by atoms with Crippen LogP contribution in [-0.2, 0) is 9.53 Å². The van der Waals surface area contributed by atoms with Gasteiger partial charge in [-0.25, -0.2) is 4.79 Å². The zero-order valence-corrected chi connectivity index (χ0v) is 11.8. The number of carboxylic acid groups (broad SMARTS) is 1. The topological polar surface area (TPSA) is 58.6 Å². The number of anilines is 1. The van der Waals surface area contributed by atoms with Crippen LogP contribution in [0.1, 0.15) is 26.7 Å². The van der Waals surface area contributed by atoms with Gasteiger partial charge >= 0.3 is 5.97 Å². The molecule has 1 aromatic rings. The van der Waals surface area contributed by atoms with E-state index in [0.717, 1.165) is 0 Å². The molecule has 1 fully saturated rings. The second-order valence-corrected chi connectivity index (χ2v) is 5.93. The van der Waals surface area contributed by atoms with Gasteiger partial charge < -0.3 is 15.2 Å². The van der Waals surface area contributed by atoms with Crippen molar-refractivity contribution < 1.29 is 14.6 Å². The van der Waals surface area contributed by atoms with Crippen LogP contribution in [0.2, 0.25) is 5.02 Å². The summed E-state index contributed by atoms with van der Waals surface area (Å²) in [5.74, 6) is -0.871. The molecule has 4 nitrogen and oxygen atoms in total. The maximum absolute atomic E-state index is 11.7. The van der Waals surface area contributed by atoms with Crippen molar-refractivity contribution in [2.75, 3.05) is 11.9 Å². The molecule has 2 rings (SSSR count). The highest BCUT2D eigenvalue weighted by molar-refractivity contribution is 6.33. The van der Waals surface area contributed by atoms with Gasteiger partial charge in [-0.05, 0) is 26.0 Å². The lowest BCUT2D eigenvalue weighted by molar-refractivity contribution is -0.152. The molecule has 19 heavy (non-hydrogen) atoms. The summed E-state index contributed by atoms with van der Waals surface area (Å²) in [5.41, 5.74) is -0.860. The van der Waals surface area contributed by atoms with Crippen molar-refractivity contribution in [1.29, 1.82) is 0 Å². The van der Waals surface area contributed by atoms with Crippen molar-refractivity contribution in [2.24, 2.45) is 0 Å². The lowest BCUT2D eigenvalue weighted by Gasteiger charge is -2.43. The molecule has 5 heteroatoms. The number of carboxylic acids is 1. The van der Waals surface area contributed by atoms with Gasteiger partial charge in [0.1, 0.15) is 5.54 Å². The molecule has 104 valence electrons. The van der Waals surface area contributed by atoms with Gasteiger partial charge in [0.15, 0.2) is 0 Å². The summed E-state index contributed by atoms with van der Waals surface area (Å²) in [6.07, 6.45) is 0.803. The Hall–Kier alpha value is -1.26. The van der Waals surface area contributed by atoms with Gasteiger partial charge in [0.25, 0.3) is 0 Å². The fourth-order valence-corrected chi connectivity index (χ4v) is 2.71. The monoisotopic (exact) mass is 283 g/mol. The van der Waals surface area contributed by atoms with E-state index in [2.05, 4.69) is 5.32 Å². The Morgan fingerprint density at radius 2 is 2.11 bits per heavy atom. The highest BCUT2D eigenvalue weighted by Gasteiger charge is 2.47. The van der Waals surface area contributed by atoms with Gasteiger partial charge in [0.05, 0.1) is 22.9 Å². The molecule has 2 N–H and O–H groups in total. The number of ether oxygens (including phenoxy) is 1. The Kier molecular flexibility index (Phi) is 3.74. The lowest BCUT2D eigenvalue weighted by Crippen LogP contribution is -2.55. The van der Waals surface area contributed by atoms with Crippen LogP contribution in [0.15, 0.2) is 24.3 Å². The number of carbonyl (C=O) groups is 1. The summed E-state index contributed by atoms with van der Waals surface area (Å²) in [4.78, 5) is 11.7. The summed E-state index contributed by atoms with van der Waals surface area (Å²) in [6.45, 7) is 4.22. The van der Waals surface area contributed by atoms with Crippen LogP contribution in [0.5, 0.6) is 0 Å². The van der Waals surface area contributed by atoms with Gasteiger partial charge in [0, 0.05) is 12.8 Å². The van der Waals surface area contributed by atoms with Crippen molar-refractivity contribution in [3.63, 3.8) is 0 Å². The Labute approximate surface area is 117 Å². The van der Waals surface area contributed by atoms with Crippen LogP contribution in [0.3, 0.4) is 0 Å². The quantitative estimate of drug-likeness (QED) is 0.894. The van der Waals surface area contributed by atoms with E-state index in [1.165, 1.54) is 0 Å². The standard InChI is InChI=1S/C14H18ClNO3/c1-13(2)9-14(12(17)18,7-8-19-13)16-11-6-4-3-5-10(11)15/h3-6,16H,7-9H2,1-2H3,(H,17,18). The predicted molar refractivity (Wildman–Crippen MR) is 74.7 cm³/mol. The molecule has 0 amide bonds. The third-order valence-corrected chi connectivity index (χ3v) is 3.74. The maximum Gasteiger partial charge on any atom is 0.329 e. The first-order valence-electron chi connectivity index (χ1n) is 6.25. The number of benzene rings is 1. The number of para-hydroxylation sites is 1. The Bertz CT molecular complexity index is 489. The Balaban J connectivity index is 2.31. The molecule has 1 aliphatic rings. The minimum absolute atomic E-state index is 0.389. The van der Waals surface area contributed by atoms with Crippen molar-refractivity contribution in [3.05, 3.63) is 29.3 Å². The van der Waals surface area contributed by atoms with Crippen LogP contribution < -0.4 is 5.32 Å². The zero-order chi connectivity index (χ0) is 14.1. The van der Waals surface area contributed by atoms with Gasteiger partial charge in [-0.15, -0.1) is 0 Å². The molecule has 0 aliphatic carbocycles.